The third-order valence-corrected chi connectivity index (χ3v) is 5.20. The number of nitrogens with zero attached hydrogens (tertiary/aromatic N) is 4. The number of rotatable bonds is 4. The van der Waals surface area contributed by atoms with Crippen LogP contribution in [0, 0.1) is 0 Å². The molecule has 0 radical (unpaired) electrons. The summed E-state index contributed by atoms with van der Waals surface area (Å²) in [5, 5.41) is 15.1. The first-order valence-corrected chi connectivity index (χ1v) is 9.43. The highest BCUT2D eigenvalue weighted by molar-refractivity contribution is 6.30. The van der Waals surface area contributed by atoms with Crippen LogP contribution in [0.1, 0.15) is 12.8 Å². The molecule has 0 aliphatic carbocycles. The van der Waals surface area contributed by atoms with E-state index in [0.29, 0.717) is 16.8 Å². The Morgan fingerprint density at radius 1 is 1.22 bits per heavy atom. The Bertz CT molecular complexity index is 964. The van der Waals surface area contributed by atoms with Crippen molar-refractivity contribution < 1.29 is 4.74 Å². The first-order chi connectivity index (χ1) is 13.2. The number of benzene rings is 1. The summed E-state index contributed by atoms with van der Waals surface area (Å²) in [5.41, 5.74) is 1.61. The number of pyridine rings is 1. The van der Waals surface area contributed by atoms with Gasteiger partial charge in [0, 0.05) is 46.3 Å². The van der Waals surface area contributed by atoms with Crippen LogP contribution in [-0.2, 0) is 0 Å². The summed E-state index contributed by atoms with van der Waals surface area (Å²) in [5.74, 6) is 1.44. The van der Waals surface area contributed by atoms with Crippen molar-refractivity contribution in [3.8, 4) is 17.0 Å². The van der Waals surface area contributed by atoms with Crippen LogP contribution in [-0.4, -0.2) is 53.4 Å². The van der Waals surface area contributed by atoms with Crippen LogP contribution in [0.5, 0.6) is 5.75 Å². The number of hydrogen-bond donors (Lipinski definition) is 1. The van der Waals surface area contributed by atoms with Gasteiger partial charge in [0.25, 0.3) is 0 Å². The van der Waals surface area contributed by atoms with Crippen LogP contribution < -0.4 is 10.1 Å². The number of hydrogen-bond acceptors (Lipinski definition) is 6. The molecule has 140 valence electrons. The van der Waals surface area contributed by atoms with Crippen molar-refractivity contribution in [2.45, 2.75) is 18.9 Å². The van der Waals surface area contributed by atoms with Gasteiger partial charge in [0.05, 0.1) is 7.11 Å². The molecule has 1 aliphatic rings. The van der Waals surface area contributed by atoms with Gasteiger partial charge >= 0.3 is 0 Å². The number of piperidine rings is 1. The number of ether oxygens (including phenoxy) is 1. The van der Waals surface area contributed by atoms with E-state index in [0.717, 1.165) is 47.4 Å². The molecular formula is C20H22ClN5O. The number of likely N-dealkylation sites (N-methyl/N-ethyl adjacent to an activating group) is 1. The fourth-order valence-corrected chi connectivity index (χ4v) is 3.80. The molecule has 3 aromatic rings. The molecule has 4 rings (SSSR count). The van der Waals surface area contributed by atoms with Crippen LogP contribution in [0.3, 0.4) is 0 Å². The highest BCUT2D eigenvalue weighted by Gasteiger charge is 2.20. The van der Waals surface area contributed by atoms with E-state index in [1.54, 1.807) is 19.4 Å². The normalized spacial score (nSPS) is 17.8. The lowest BCUT2D eigenvalue weighted by atomic mass is 10.0. The second-order valence-corrected chi connectivity index (χ2v) is 7.35. The van der Waals surface area contributed by atoms with Crippen molar-refractivity contribution in [1.29, 1.82) is 0 Å². The standard InChI is InChI=1S/C20H22ClN5O/c1-26-9-3-4-14(12-26)23-20-17-11-22-8-7-15(17)19(24-25-20)16-6-5-13(21)10-18(16)27-2/h5-8,10-11,14H,3-4,9,12H2,1-2H3,(H,23,25). The number of likely N-dealkylation sites (tertiary alicyclic amines) is 1. The van der Waals surface area contributed by atoms with E-state index in [4.69, 9.17) is 16.3 Å². The van der Waals surface area contributed by atoms with Crippen molar-refractivity contribution >= 4 is 28.2 Å². The van der Waals surface area contributed by atoms with Crippen LogP contribution in [0.25, 0.3) is 22.0 Å². The predicted octanol–water partition coefficient (Wildman–Crippen LogP) is 3.86. The Labute approximate surface area is 163 Å². The highest BCUT2D eigenvalue weighted by atomic mass is 35.5. The summed E-state index contributed by atoms with van der Waals surface area (Å²) in [6, 6.07) is 7.85. The Hall–Kier alpha value is -2.44. The van der Waals surface area contributed by atoms with Crippen molar-refractivity contribution in [3.05, 3.63) is 41.7 Å². The Kier molecular flexibility index (Phi) is 5.09. The second-order valence-electron chi connectivity index (χ2n) is 6.91. The number of anilines is 1. The van der Waals surface area contributed by atoms with Crippen molar-refractivity contribution in [3.63, 3.8) is 0 Å². The summed E-state index contributed by atoms with van der Waals surface area (Å²) < 4.78 is 5.50. The number of fused-ring (bicyclic) bond motifs is 1. The van der Waals surface area contributed by atoms with Gasteiger partial charge < -0.3 is 15.0 Å². The molecule has 7 heteroatoms. The van der Waals surface area contributed by atoms with Crippen LogP contribution >= 0.6 is 11.6 Å². The summed E-state index contributed by atoms with van der Waals surface area (Å²) in [7, 11) is 3.77. The maximum absolute atomic E-state index is 6.11. The number of halogens is 1. The minimum absolute atomic E-state index is 0.359. The summed E-state index contributed by atoms with van der Waals surface area (Å²) >= 11 is 6.11. The third-order valence-electron chi connectivity index (χ3n) is 4.97. The molecule has 1 aliphatic heterocycles. The minimum atomic E-state index is 0.359. The Balaban J connectivity index is 1.77. The van der Waals surface area contributed by atoms with Gasteiger partial charge in [-0.2, -0.15) is 0 Å². The predicted molar refractivity (Wildman–Crippen MR) is 108 cm³/mol. The minimum Gasteiger partial charge on any atom is -0.496 e. The molecule has 27 heavy (non-hydrogen) atoms. The maximum Gasteiger partial charge on any atom is 0.158 e. The number of nitrogens with one attached hydrogen (secondary N) is 1. The molecule has 6 nitrogen and oxygen atoms in total. The number of aromatic nitrogens is 3. The van der Waals surface area contributed by atoms with Crippen LogP contribution in [0.4, 0.5) is 5.82 Å². The Morgan fingerprint density at radius 3 is 2.93 bits per heavy atom. The van der Waals surface area contributed by atoms with E-state index < -0.39 is 0 Å². The highest BCUT2D eigenvalue weighted by Crippen LogP contribution is 2.36. The average Bonchev–Trinajstić information content (AvgIpc) is 2.68. The monoisotopic (exact) mass is 383 g/mol. The van der Waals surface area contributed by atoms with Crippen molar-refractivity contribution in [1.82, 2.24) is 20.1 Å². The van der Waals surface area contributed by atoms with Crippen molar-refractivity contribution in [2.75, 3.05) is 32.6 Å². The quantitative estimate of drug-likeness (QED) is 0.738. The largest absolute Gasteiger partial charge is 0.496 e. The fraction of sp³-hybridized carbons (Fsp3) is 0.350. The molecule has 0 saturated carbocycles. The van der Waals surface area contributed by atoms with Gasteiger partial charge in [0.2, 0.25) is 0 Å². The molecule has 1 unspecified atom stereocenters. The third kappa shape index (κ3) is 3.68. The van der Waals surface area contributed by atoms with Gasteiger partial charge in [-0.1, -0.05) is 11.6 Å². The topological polar surface area (TPSA) is 63.2 Å². The van der Waals surface area contributed by atoms with Gasteiger partial charge in [0.1, 0.15) is 11.4 Å². The van der Waals surface area contributed by atoms with Gasteiger partial charge in [-0.3, -0.25) is 4.98 Å². The van der Waals surface area contributed by atoms with E-state index >= 15 is 0 Å². The van der Waals surface area contributed by atoms with E-state index in [1.807, 2.05) is 24.4 Å². The first kappa shape index (κ1) is 17.9. The maximum atomic E-state index is 6.11. The molecule has 1 N–H and O–H groups in total. The lowest BCUT2D eigenvalue weighted by Crippen LogP contribution is -2.40. The van der Waals surface area contributed by atoms with E-state index in [9.17, 15) is 0 Å². The lowest BCUT2D eigenvalue weighted by molar-refractivity contribution is 0.261. The zero-order valence-corrected chi connectivity index (χ0v) is 16.2. The molecule has 1 atom stereocenters. The Morgan fingerprint density at radius 2 is 2.11 bits per heavy atom. The van der Waals surface area contributed by atoms with Crippen LogP contribution in [0.2, 0.25) is 5.02 Å². The smallest absolute Gasteiger partial charge is 0.158 e. The summed E-state index contributed by atoms with van der Waals surface area (Å²) in [4.78, 5) is 6.64. The molecule has 0 bridgehead atoms. The fourth-order valence-electron chi connectivity index (χ4n) is 3.64. The molecule has 3 heterocycles. The van der Waals surface area contributed by atoms with E-state index in [1.165, 1.54) is 6.42 Å². The van der Waals surface area contributed by atoms with Crippen LogP contribution in [0.15, 0.2) is 36.7 Å². The SMILES string of the molecule is COc1cc(Cl)ccc1-c1nnc(NC2CCCN(C)C2)c2cnccc12. The van der Waals surface area contributed by atoms with Gasteiger partial charge in [-0.05, 0) is 50.7 Å². The van der Waals surface area contributed by atoms with Gasteiger partial charge in [-0.15, -0.1) is 10.2 Å². The number of methoxy groups -OCH3 is 1. The average molecular weight is 384 g/mol. The van der Waals surface area contributed by atoms with Gasteiger partial charge in [-0.25, -0.2) is 0 Å². The van der Waals surface area contributed by atoms with Crippen molar-refractivity contribution in [2.24, 2.45) is 0 Å². The molecule has 0 amide bonds. The second kappa shape index (κ2) is 7.66. The molecule has 1 saturated heterocycles. The first-order valence-electron chi connectivity index (χ1n) is 9.05. The van der Waals surface area contributed by atoms with E-state index in [2.05, 4.69) is 32.4 Å². The molecule has 2 aromatic heterocycles. The summed E-state index contributed by atoms with van der Waals surface area (Å²) in [6.45, 7) is 2.14. The molecule has 1 fully saturated rings. The lowest BCUT2D eigenvalue weighted by Gasteiger charge is -2.30. The zero-order chi connectivity index (χ0) is 18.8. The van der Waals surface area contributed by atoms with E-state index in [-0.39, 0.29) is 0 Å². The molecule has 0 spiro atoms. The van der Waals surface area contributed by atoms with Gasteiger partial charge in [0.15, 0.2) is 5.82 Å². The summed E-state index contributed by atoms with van der Waals surface area (Å²) in [6.07, 6.45) is 5.91. The zero-order valence-electron chi connectivity index (χ0n) is 15.4. The molecule has 1 aromatic carbocycles. The molecular weight excluding hydrogens is 362 g/mol.